The molecule has 0 bridgehead atoms. The quantitative estimate of drug-likeness (QED) is 0.820. The molecule has 29 heavy (non-hydrogen) atoms. The Morgan fingerprint density at radius 2 is 1.90 bits per heavy atom. The molecule has 0 spiro atoms. The van der Waals surface area contributed by atoms with Gasteiger partial charge in [0.1, 0.15) is 6.54 Å². The van der Waals surface area contributed by atoms with Crippen LogP contribution in [0.15, 0.2) is 41.8 Å². The average molecular weight is 412 g/mol. The first-order valence-corrected chi connectivity index (χ1v) is 11.2. The van der Waals surface area contributed by atoms with Gasteiger partial charge in [0.2, 0.25) is 5.91 Å². The number of nitrogens with zero attached hydrogens (tertiary/aromatic N) is 2. The van der Waals surface area contributed by atoms with E-state index in [0.29, 0.717) is 6.54 Å². The fourth-order valence-corrected chi connectivity index (χ4v) is 4.87. The summed E-state index contributed by atoms with van der Waals surface area (Å²) in [5.41, 5.74) is 2.02. The van der Waals surface area contributed by atoms with Crippen LogP contribution >= 0.6 is 11.3 Å². The summed E-state index contributed by atoms with van der Waals surface area (Å²) in [5.74, 6) is 0.0201. The van der Waals surface area contributed by atoms with Gasteiger partial charge in [0.15, 0.2) is 0 Å². The summed E-state index contributed by atoms with van der Waals surface area (Å²) < 4.78 is 0. The minimum absolute atomic E-state index is 0.0201. The smallest absolute Gasteiger partial charge is 0.318 e. The molecule has 2 aromatic rings. The lowest BCUT2D eigenvalue weighted by Gasteiger charge is -2.38. The highest BCUT2D eigenvalue weighted by molar-refractivity contribution is 7.10. The molecule has 3 amide bonds. The topological polar surface area (TPSA) is 52.7 Å². The zero-order valence-electron chi connectivity index (χ0n) is 17.4. The summed E-state index contributed by atoms with van der Waals surface area (Å²) in [4.78, 5) is 31.3. The van der Waals surface area contributed by atoms with Crippen LogP contribution in [-0.2, 0) is 11.2 Å². The minimum atomic E-state index is -0.323. The van der Waals surface area contributed by atoms with Crippen molar-refractivity contribution in [1.82, 2.24) is 15.1 Å². The van der Waals surface area contributed by atoms with Gasteiger partial charge in [0.05, 0.1) is 6.04 Å². The van der Waals surface area contributed by atoms with Gasteiger partial charge in [-0.3, -0.25) is 4.79 Å². The zero-order valence-corrected chi connectivity index (χ0v) is 18.2. The molecule has 1 saturated carbocycles. The van der Waals surface area contributed by atoms with Crippen LogP contribution < -0.4 is 5.32 Å². The van der Waals surface area contributed by atoms with E-state index in [0.717, 1.165) is 24.8 Å². The molecule has 1 fully saturated rings. The molecule has 1 N–H and O–H groups in total. The van der Waals surface area contributed by atoms with Gasteiger partial charge < -0.3 is 15.1 Å². The maximum absolute atomic E-state index is 13.4. The van der Waals surface area contributed by atoms with Crippen molar-refractivity contribution in [3.8, 4) is 0 Å². The van der Waals surface area contributed by atoms with Crippen molar-refractivity contribution in [2.45, 2.75) is 57.7 Å². The molecular formula is C23H29N3O2S. The van der Waals surface area contributed by atoms with Crippen LogP contribution in [0.1, 0.15) is 55.7 Å². The van der Waals surface area contributed by atoms with Crippen LogP contribution in [0.5, 0.6) is 0 Å². The lowest BCUT2D eigenvalue weighted by Crippen LogP contribution is -2.53. The number of rotatable bonds is 4. The molecule has 1 aliphatic heterocycles. The normalized spacial score (nSPS) is 18.9. The fourth-order valence-electron chi connectivity index (χ4n) is 3.96. The number of benzene rings is 1. The summed E-state index contributed by atoms with van der Waals surface area (Å²) in [7, 11) is 0. The predicted molar refractivity (Wildman–Crippen MR) is 116 cm³/mol. The fraction of sp³-hybridized carbons (Fsp3) is 0.478. The Kier molecular flexibility index (Phi) is 5.38. The average Bonchev–Trinajstić information content (AvgIpc) is 3.40. The van der Waals surface area contributed by atoms with Crippen LogP contribution in [0.2, 0.25) is 0 Å². The number of carbonyl (C=O) groups excluding carboxylic acids is 2. The van der Waals surface area contributed by atoms with Crippen molar-refractivity contribution in [2.75, 3.05) is 13.1 Å². The second kappa shape index (κ2) is 7.82. The molecule has 1 atom stereocenters. The monoisotopic (exact) mass is 411 g/mol. The number of amides is 3. The maximum atomic E-state index is 13.4. The Bertz CT molecular complexity index is 883. The molecule has 2 heterocycles. The van der Waals surface area contributed by atoms with Gasteiger partial charge in [-0.25, -0.2) is 4.79 Å². The van der Waals surface area contributed by atoms with Gasteiger partial charge in [-0.15, -0.1) is 11.3 Å². The summed E-state index contributed by atoms with van der Waals surface area (Å²) >= 11 is 1.77. The summed E-state index contributed by atoms with van der Waals surface area (Å²) in [6, 6.07) is 12.3. The second-order valence-electron chi connectivity index (χ2n) is 8.99. The number of hydrogen-bond acceptors (Lipinski definition) is 3. The Balaban J connectivity index is 1.57. The van der Waals surface area contributed by atoms with Crippen molar-refractivity contribution in [2.24, 2.45) is 0 Å². The molecule has 5 nitrogen and oxygen atoms in total. The third-order valence-corrected chi connectivity index (χ3v) is 6.43. The molecule has 0 radical (unpaired) electrons. The van der Waals surface area contributed by atoms with E-state index in [4.69, 9.17) is 0 Å². The first kappa shape index (κ1) is 20.0. The van der Waals surface area contributed by atoms with E-state index in [9.17, 15) is 9.59 Å². The van der Waals surface area contributed by atoms with E-state index in [2.05, 4.69) is 28.9 Å². The molecule has 4 rings (SSSR count). The van der Waals surface area contributed by atoms with Gasteiger partial charge in [0.25, 0.3) is 0 Å². The Morgan fingerprint density at radius 1 is 1.17 bits per heavy atom. The van der Waals surface area contributed by atoms with E-state index in [1.165, 1.54) is 10.4 Å². The number of nitrogens with one attached hydrogen (secondary N) is 1. The summed E-state index contributed by atoms with van der Waals surface area (Å²) in [6.45, 7) is 6.71. The maximum Gasteiger partial charge on any atom is 0.318 e. The third-order valence-electron chi connectivity index (χ3n) is 5.44. The summed E-state index contributed by atoms with van der Waals surface area (Å²) in [6.07, 6.45) is 2.82. The molecule has 1 unspecified atom stereocenters. The molecule has 2 aliphatic rings. The lowest BCUT2D eigenvalue weighted by molar-refractivity contribution is -0.134. The molecule has 1 aliphatic carbocycles. The number of carbonyl (C=O) groups is 2. The van der Waals surface area contributed by atoms with Gasteiger partial charge in [-0.05, 0) is 62.6 Å². The van der Waals surface area contributed by atoms with Gasteiger partial charge in [-0.2, -0.15) is 0 Å². The van der Waals surface area contributed by atoms with Gasteiger partial charge in [0, 0.05) is 23.0 Å². The van der Waals surface area contributed by atoms with Crippen molar-refractivity contribution >= 4 is 23.3 Å². The van der Waals surface area contributed by atoms with Crippen molar-refractivity contribution < 1.29 is 9.59 Å². The molecule has 154 valence electrons. The largest absolute Gasteiger partial charge is 0.333 e. The van der Waals surface area contributed by atoms with Crippen LogP contribution in [-0.4, -0.2) is 46.4 Å². The lowest BCUT2D eigenvalue weighted by atomic mass is 9.93. The van der Waals surface area contributed by atoms with Crippen LogP contribution in [0.25, 0.3) is 0 Å². The predicted octanol–water partition coefficient (Wildman–Crippen LogP) is 4.19. The van der Waals surface area contributed by atoms with E-state index in [-0.39, 0.29) is 36.1 Å². The third kappa shape index (κ3) is 4.47. The number of urea groups is 1. The van der Waals surface area contributed by atoms with Gasteiger partial charge in [-0.1, -0.05) is 30.3 Å². The van der Waals surface area contributed by atoms with Gasteiger partial charge >= 0.3 is 6.03 Å². The van der Waals surface area contributed by atoms with E-state index < -0.39 is 0 Å². The Hall–Kier alpha value is -2.34. The standard InChI is InChI=1S/C23H29N3O2S/c1-23(2,3)24-22(28)26(17-9-10-17)15-20(27)25-13-11-19-18(12-14-29-19)21(25)16-7-5-4-6-8-16/h4-8,12,14,17,21H,9-11,13,15H2,1-3H3,(H,24,28). The molecule has 1 aromatic carbocycles. The van der Waals surface area contributed by atoms with Crippen molar-refractivity contribution in [1.29, 1.82) is 0 Å². The van der Waals surface area contributed by atoms with E-state index in [1.807, 2.05) is 43.9 Å². The van der Waals surface area contributed by atoms with Crippen LogP contribution in [0.4, 0.5) is 4.79 Å². The highest BCUT2D eigenvalue weighted by Crippen LogP contribution is 2.38. The highest BCUT2D eigenvalue weighted by Gasteiger charge is 2.38. The molecule has 0 saturated heterocycles. The highest BCUT2D eigenvalue weighted by atomic mass is 32.1. The van der Waals surface area contributed by atoms with E-state index in [1.54, 1.807) is 16.2 Å². The summed E-state index contributed by atoms with van der Waals surface area (Å²) in [5, 5.41) is 5.13. The number of hydrogen-bond donors (Lipinski definition) is 1. The number of thiophene rings is 1. The molecular weight excluding hydrogens is 382 g/mol. The minimum Gasteiger partial charge on any atom is -0.333 e. The Morgan fingerprint density at radius 3 is 2.55 bits per heavy atom. The first-order valence-electron chi connectivity index (χ1n) is 10.3. The Labute approximate surface area is 176 Å². The van der Waals surface area contributed by atoms with E-state index >= 15 is 0 Å². The van der Waals surface area contributed by atoms with Crippen molar-refractivity contribution in [3.63, 3.8) is 0 Å². The van der Waals surface area contributed by atoms with Crippen LogP contribution in [0.3, 0.4) is 0 Å². The SMILES string of the molecule is CC(C)(C)NC(=O)N(CC(=O)N1CCc2sccc2C1c1ccccc1)C1CC1. The van der Waals surface area contributed by atoms with Crippen LogP contribution in [0, 0.1) is 0 Å². The molecule has 1 aromatic heterocycles. The molecule has 6 heteroatoms. The second-order valence-corrected chi connectivity index (χ2v) is 9.99. The van der Waals surface area contributed by atoms with Crippen molar-refractivity contribution in [3.05, 3.63) is 57.8 Å². The first-order chi connectivity index (χ1) is 13.8. The zero-order chi connectivity index (χ0) is 20.6. The number of fused-ring (bicyclic) bond motifs is 1.